The highest BCUT2D eigenvalue weighted by molar-refractivity contribution is 5.94. The van der Waals surface area contributed by atoms with Crippen molar-refractivity contribution in [2.75, 3.05) is 6.61 Å². The van der Waals surface area contributed by atoms with Crippen LogP contribution in [0.5, 0.6) is 0 Å². The monoisotopic (exact) mass is 474 g/mol. The largest absolute Gasteiger partial charge is 0.480 e. The minimum absolute atomic E-state index is 0.0685. The van der Waals surface area contributed by atoms with Gasteiger partial charge in [0.15, 0.2) is 0 Å². The highest BCUT2D eigenvalue weighted by Gasteiger charge is 2.32. The van der Waals surface area contributed by atoms with Crippen LogP contribution in [0, 0.1) is 5.92 Å². The van der Waals surface area contributed by atoms with Gasteiger partial charge in [0.05, 0.1) is 12.6 Å². The number of amides is 5. The van der Waals surface area contributed by atoms with E-state index in [1.807, 2.05) is 0 Å². The van der Waals surface area contributed by atoms with E-state index >= 15 is 0 Å². The Labute approximate surface area is 191 Å². The smallest absolute Gasteiger partial charge is 0.328 e. The van der Waals surface area contributed by atoms with Crippen molar-refractivity contribution < 1.29 is 39.0 Å². The number of aliphatic carboxylic acids is 1. The SMILES string of the molecule is CCC(C)C(NC(=O)C(CCC(N)=O)NC(=O)C(N)CCC(N)=O)C(=O)NC(CO)C(=O)O. The Morgan fingerprint density at radius 3 is 1.79 bits per heavy atom. The lowest BCUT2D eigenvalue weighted by molar-refractivity contribution is -0.143. The Morgan fingerprint density at radius 2 is 1.33 bits per heavy atom. The highest BCUT2D eigenvalue weighted by atomic mass is 16.4. The summed E-state index contributed by atoms with van der Waals surface area (Å²) in [6, 6.07) is -5.23. The summed E-state index contributed by atoms with van der Waals surface area (Å²) in [6.45, 7) is 2.51. The highest BCUT2D eigenvalue weighted by Crippen LogP contribution is 2.10. The fraction of sp³-hybridized carbons (Fsp3) is 0.684. The molecule has 0 heterocycles. The maximum absolute atomic E-state index is 12.9. The Kier molecular flexibility index (Phi) is 13.3. The van der Waals surface area contributed by atoms with E-state index < -0.39 is 72.2 Å². The molecule has 14 nitrogen and oxygen atoms in total. The van der Waals surface area contributed by atoms with Gasteiger partial charge in [-0.25, -0.2) is 4.79 Å². The number of carboxylic acids is 1. The first-order chi connectivity index (χ1) is 15.3. The second-order valence-corrected chi connectivity index (χ2v) is 7.63. The fourth-order valence-electron chi connectivity index (χ4n) is 2.67. The van der Waals surface area contributed by atoms with E-state index in [-0.39, 0.29) is 25.7 Å². The molecule has 11 N–H and O–H groups in total. The van der Waals surface area contributed by atoms with Crippen LogP contribution in [0.2, 0.25) is 0 Å². The molecule has 0 saturated heterocycles. The quantitative estimate of drug-likeness (QED) is 0.110. The number of rotatable bonds is 16. The van der Waals surface area contributed by atoms with Crippen LogP contribution in [0.1, 0.15) is 46.0 Å². The number of nitrogens with two attached hydrogens (primary N) is 3. The molecule has 0 rings (SSSR count). The molecule has 0 radical (unpaired) electrons. The number of aliphatic hydroxyl groups is 1. The molecule has 0 aliphatic carbocycles. The first-order valence-electron chi connectivity index (χ1n) is 10.4. The summed E-state index contributed by atoms with van der Waals surface area (Å²) in [5.74, 6) is -5.77. The fourth-order valence-corrected chi connectivity index (χ4v) is 2.67. The molecule has 0 bridgehead atoms. The molecule has 188 valence electrons. The van der Waals surface area contributed by atoms with E-state index in [9.17, 15) is 28.8 Å². The molecule has 0 saturated carbocycles. The average Bonchev–Trinajstić information content (AvgIpc) is 2.75. The minimum atomic E-state index is -1.57. The molecule has 0 aliphatic rings. The number of carboxylic acid groups (broad SMARTS) is 1. The molecule has 5 unspecified atom stereocenters. The van der Waals surface area contributed by atoms with Crippen molar-refractivity contribution in [2.24, 2.45) is 23.1 Å². The van der Waals surface area contributed by atoms with Crippen LogP contribution >= 0.6 is 0 Å². The normalized spacial score (nSPS) is 15.3. The van der Waals surface area contributed by atoms with Crippen molar-refractivity contribution >= 4 is 35.5 Å². The number of hydrogen-bond donors (Lipinski definition) is 8. The molecular formula is C19H34N6O8. The molecule has 5 amide bonds. The van der Waals surface area contributed by atoms with Crippen LogP contribution in [-0.4, -0.2) is 76.5 Å². The van der Waals surface area contributed by atoms with E-state index in [0.29, 0.717) is 6.42 Å². The van der Waals surface area contributed by atoms with Crippen molar-refractivity contribution in [3.63, 3.8) is 0 Å². The minimum Gasteiger partial charge on any atom is -0.480 e. The van der Waals surface area contributed by atoms with Crippen molar-refractivity contribution in [3.8, 4) is 0 Å². The molecule has 0 aromatic carbocycles. The summed E-state index contributed by atoms with van der Waals surface area (Å²) in [5, 5.41) is 25.1. The van der Waals surface area contributed by atoms with Crippen LogP contribution in [-0.2, 0) is 28.8 Å². The average molecular weight is 475 g/mol. The Morgan fingerprint density at radius 1 is 0.818 bits per heavy atom. The van der Waals surface area contributed by atoms with Gasteiger partial charge in [-0.1, -0.05) is 20.3 Å². The molecular weight excluding hydrogens is 440 g/mol. The van der Waals surface area contributed by atoms with E-state index in [2.05, 4.69) is 16.0 Å². The predicted molar refractivity (Wildman–Crippen MR) is 115 cm³/mol. The third-order valence-electron chi connectivity index (χ3n) is 4.94. The van der Waals surface area contributed by atoms with Gasteiger partial charge in [-0.3, -0.25) is 24.0 Å². The summed E-state index contributed by atoms with van der Waals surface area (Å²) in [5.41, 5.74) is 15.9. The number of carbonyl (C=O) groups excluding carboxylic acids is 5. The summed E-state index contributed by atoms with van der Waals surface area (Å²) in [6.07, 6.45) is -0.259. The maximum atomic E-state index is 12.9. The number of primary amides is 2. The first-order valence-corrected chi connectivity index (χ1v) is 10.4. The number of nitrogens with one attached hydrogen (secondary N) is 3. The van der Waals surface area contributed by atoms with Gasteiger partial charge in [0.2, 0.25) is 29.5 Å². The number of carbonyl (C=O) groups is 6. The number of hydrogen-bond acceptors (Lipinski definition) is 8. The predicted octanol–water partition coefficient (Wildman–Crippen LogP) is -3.58. The Bertz CT molecular complexity index is 731. The van der Waals surface area contributed by atoms with E-state index in [0.717, 1.165) is 0 Å². The van der Waals surface area contributed by atoms with Crippen LogP contribution in [0.15, 0.2) is 0 Å². The lowest BCUT2D eigenvalue weighted by Crippen LogP contribution is -2.59. The zero-order valence-corrected chi connectivity index (χ0v) is 18.7. The zero-order valence-electron chi connectivity index (χ0n) is 18.7. The third kappa shape index (κ3) is 11.2. The van der Waals surface area contributed by atoms with Gasteiger partial charge in [-0.2, -0.15) is 0 Å². The molecule has 14 heteroatoms. The van der Waals surface area contributed by atoms with Gasteiger partial charge in [0.1, 0.15) is 18.1 Å². The molecule has 0 spiro atoms. The summed E-state index contributed by atoms with van der Waals surface area (Å²) >= 11 is 0. The van der Waals surface area contributed by atoms with Gasteiger partial charge in [-0.05, 0) is 18.8 Å². The summed E-state index contributed by atoms with van der Waals surface area (Å²) in [7, 11) is 0. The standard InChI is InChI=1S/C19H34N6O8/c1-3-9(2)15(18(31)24-12(8-26)19(32)33)25-17(30)11(5-7-14(22)28)23-16(29)10(20)4-6-13(21)27/h9-12,15,26H,3-8,20H2,1-2H3,(H2,21,27)(H2,22,28)(H,23,29)(H,24,31)(H,25,30)(H,32,33). The van der Waals surface area contributed by atoms with Crippen LogP contribution in [0.4, 0.5) is 0 Å². The van der Waals surface area contributed by atoms with E-state index in [1.54, 1.807) is 13.8 Å². The van der Waals surface area contributed by atoms with Crippen LogP contribution in [0.25, 0.3) is 0 Å². The van der Waals surface area contributed by atoms with Crippen molar-refractivity contribution in [2.45, 2.75) is 70.1 Å². The van der Waals surface area contributed by atoms with E-state index in [1.165, 1.54) is 0 Å². The molecule has 0 aromatic rings. The molecule has 0 aromatic heterocycles. The topological polar surface area (TPSA) is 257 Å². The first kappa shape index (κ1) is 29.7. The Hall–Kier alpha value is -3.26. The van der Waals surface area contributed by atoms with Gasteiger partial charge >= 0.3 is 5.97 Å². The van der Waals surface area contributed by atoms with Gasteiger partial charge in [-0.15, -0.1) is 0 Å². The number of aliphatic hydroxyl groups excluding tert-OH is 1. The molecule has 33 heavy (non-hydrogen) atoms. The van der Waals surface area contributed by atoms with Gasteiger partial charge in [0, 0.05) is 12.8 Å². The van der Waals surface area contributed by atoms with Crippen molar-refractivity contribution in [1.29, 1.82) is 0 Å². The third-order valence-corrected chi connectivity index (χ3v) is 4.94. The van der Waals surface area contributed by atoms with Crippen molar-refractivity contribution in [3.05, 3.63) is 0 Å². The summed E-state index contributed by atoms with van der Waals surface area (Å²) < 4.78 is 0. The Balaban J connectivity index is 5.51. The zero-order chi connectivity index (χ0) is 25.7. The molecule has 5 atom stereocenters. The lowest BCUT2D eigenvalue weighted by Gasteiger charge is -2.27. The van der Waals surface area contributed by atoms with Gasteiger partial charge in [0.25, 0.3) is 0 Å². The van der Waals surface area contributed by atoms with Crippen LogP contribution in [0.3, 0.4) is 0 Å². The maximum Gasteiger partial charge on any atom is 0.328 e. The van der Waals surface area contributed by atoms with E-state index in [4.69, 9.17) is 27.4 Å². The van der Waals surface area contributed by atoms with Crippen molar-refractivity contribution in [1.82, 2.24) is 16.0 Å². The molecule has 0 aliphatic heterocycles. The van der Waals surface area contributed by atoms with Gasteiger partial charge < -0.3 is 43.4 Å². The second-order valence-electron chi connectivity index (χ2n) is 7.63. The summed E-state index contributed by atoms with van der Waals surface area (Å²) in [4.78, 5) is 70.9. The molecule has 0 fully saturated rings. The van der Waals surface area contributed by atoms with Crippen LogP contribution < -0.4 is 33.2 Å². The second kappa shape index (κ2) is 14.7. The lowest BCUT2D eigenvalue weighted by atomic mass is 9.97.